The number of nitrogen functional groups attached to an aromatic ring is 1. The first-order chi connectivity index (χ1) is 9.56. The molecule has 2 unspecified atom stereocenters. The number of phenols is 1. The van der Waals surface area contributed by atoms with Crippen LogP contribution < -0.4 is 5.73 Å². The van der Waals surface area contributed by atoms with Crippen LogP contribution in [0.3, 0.4) is 0 Å². The number of benzene rings is 1. The number of hydrogen-bond acceptors (Lipinski definition) is 5. The van der Waals surface area contributed by atoms with E-state index in [-0.39, 0.29) is 17.6 Å². The number of aromatic hydroxyl groups is 1. The van der Waals surface area contributed by atoms with Gasteiger partial charge in [-0.1, -0.05) is 12.1 Å². The van der Waals surface area contributed by atoms with Crippen molar-refractivity contribution in [1.82, 2.24) is 14.8 Å². The Bertz CT molecular complexity index is 667. The summed E-state index contributed by atoms with van der Waals surface area (Å²) in [5, 5.41) is 22.8. The highest BCUT2D eigenvalue weighted by Crippen LogP contribution is 2.37. The van der Waals surface area contributed by atoms with Crippen molar-refractivity contribution in [3.63, 3.8) is 0 Å². The maximum Gasteiger partial charge on any atom is 0.328 e. The topological polar surface area (TPSA) is 114 Å². The summed E-state index contributed by atoms with van der Waals surface area (Å²) in [4.78, 5) is 15.4. The second-order valence-electron chi connectivity index (χ2n) is 4.85. The first-order valence-electron chi connectivity index (χ1n) is 6.30. The van der Waals surface area contributed by atoms with Gasteiger partial charge in [-0.05, 0) is 30.5 Å². The monoisotopic (exact) mass is 274 g/mol. The molecule has 0 spiro atoms. The van der Waals surface area contributed by atoms with E-state index in [9.17, 15) is 15.0 Å². The average molecular weight is 274 g/mol. The summed E-state index contributed by atoms with van der Waals surface area (Å²) in [7, 11) is 0. The smallest absolute Gasteiger partial charge is 0.328 e. The fraction of sp³-hybridized carbons (Fsp3) is 0.308. The molecule has 0 amide bonds. The van der Waals surface area contributed by atoms with E-state index in [4.69, 9.17) is 5.73 Å². The Labute approximate surface area is 114 Å². The number of aromatic nitrogens is 3. The first kappa shape index (κ1) is 12.5. The van der Waals surface area contributed by atoms with Crippen molar-refractivity contribution in [2.45, 2.75) is 24.8 Å². The molecule has 104 valence electrons. The molecule has 0 fully saturated rings. The molecule has 4 N–H and O–H groups in total. The Balaban J connectivity index is 2.07. The number of hydrogen-bond donors (Lipinski definition) is 3. The molecule has 0 saturated carbocycles. The maximum atomic E-state index is 11.3. The second-order valence-corrected chi connectivity index (χ2v) is 4.85. The van der Waals surface area contributed by atoms with E-state index < -0.39 is 12.0 Å². The summed E-state index contributed by atoms with van der Waals surface area (Å²) < 4.78 is 1.38. The van der Waals surface area contributed by atoms with Gasteiger partial charge in [0.05, 0.1) is 0 Å². The average Bonchev–Trinajstić information content (AvgIpc) is 2.78. The minimum atomic E-state index is -0.939. The lowest BCUT2D eigenvalue weighted by Crippen LogP contribution is -2.28. The van der Waals surface area contributed by atoms with Crippen molar-refractivity contribution in [3.8, 4) is 5.75 Å². The zero-order valence-corrected chi connectivity index (χ0v) is 10.6. The quantitative estimate of drug-likeness (QED) is 0.756. The van der Waals surface area contributed by atoms with Crippen molar-refractivity contribution >= 4 is 11.9 Å². The first-order valence-corrected chi connectivity index (χ1v) is 6.30. The molecule has 1 aromatic heterocycles. The maximum absolute atomic E-state index is 11.3. The number of carbonyl (C=O) groups is 1. The molecule has 7 nitrogen and oxygen atoms in total. The number of nitrogens with zero attached hydrogens (tertiary/aromatic N) is 3. The van der Waals surface area contributed by atoms with E-state index in [0.717, 1.165) is 5.56 Å². The van der Waals surface area contributed by atoms with Crippen LogP contribution >= 0.6 is 0 Å². The largest absolute Gasteiger partial charge is 0.508 e. The van der Waals surface area contributed by atoms with E-state index >= 15 is 0 Å². The van der Waals surface area contributed by atoms with Crippen molar-refractivity contribution in [1.29, 1.82) is 0 Å². The highest BCUT2D eigenvalue weighted by atomic mass is 16.4. The molecule has 0 aliphatic carbocycles. The summed E-state index contributed by atoms with van der Waals surface area (Å²) in [5.41, 5.74) is 6.48. The van der Waals surface area contributed by atoms with Gasteiger partial charge in [0.15, 0.2) is 6.04 Å². The van der Waals surface area contributed by atoms with Crippen LogP contribution in [0.25, 0.3) is 0 Å². The third kappa shape index (κ3) is 1.97. The van der Waals surface area contributed by atoms with Gasteiger partial charge in [-0.3, -0.25) is 0 Å². The normalized spacial score (nSPS) is 21.4. The molecule has 20 heavy (non-hydrogen) atoms. The lowest BCUT2D eigenvalue weighted by molar-refractivity contribution is -0.141. The number of aliphatic carboxylic acids is 1. The summed E-state index contributed by atoms with van der Waals surface area (Å²) >= 11 is 0. The second kappa shape index (κ2) is 4.52. The van der Waals surface area contributed by atoms with Crippen LogP contribution in [-0.2, 0) is 4.79 Å². The number of carboxylic acids is 1. The molecule has 0 radical (unpaired) electrons. The number of phenolic OH excluding ortho intramolecular Hbond substituents is 1. The van der Waals surface area contributed by atoms with Crippen LogP contribution in [0.15, 0.2) is 24.3 Å². The summed E-state index contributed by atoms with van der Waals surface area (Å²) in [5.74, 6) is -0.278. The van der Waals surface area contributed by atoms with Crippen molar-refractivity contribution < 1.29 is 15.0 Å². The Morgan fingerprint density at radius 3 is 2.90 bits per heavy atom. The minimum Gasteiger partial charge on any atom is -0.508 e. The van der Waals surface area contributed by atoms with Crippen LogP contribution in [0.4, 0.5) is 5.95 Å². The third-order valence-corrected chi connectivity index (χ3v) is 3.57. The van der Waals surface area contributed by atoms with E-state index in [1.807, 2.05) is 6.07 Å². The molecular formula is C13H14N4O3. The fourth-order valence-corrected chi connectivity index (χ4v) is 2.68. The predicted octanol–water partition coefficient (Wildman–Crippen LogP) is 1.12. The fourth-order valence-electron chi connectivity index (χ4n) is 2.68. The molecule has 2 atom stereocenters. The molecule has 1 aromatic carbocycles. The van der Waals surface area contributed by atoms with Crippen molar-refractivity contribution in [2.24, 2.45) is 0 Å². The Morgan fingerprint density at radius 1 is 1.40 bits per heavy atom. The number of rotatable bonds is 2. The molecule has 0 saturated heterocycles. The zero-order valence-electron chi connectivity index (χ0n) is 10.6. The SMILES string of the molecule is Nc1nc2n(n1)C(C(=O)O)CCC2c1cccc(O)c1. The molecule has 2 aromatic rings. The molecule has 3 rings (SSSR count). The van der Waals surface area contributed by atoms with Gasteiger partial charge in [0, 0.05) is 5.92 Å². The lowest BCUT2D eigenvalue weighted by Gasteiger charge is -2.26. The van der Waals surface area contributed by atoms with Gasteiger partial charge < -0.3 is 15.9 Å². The van der Waals surface area contributed by atoms with E-state index in [1.54, 1.807) is 18.2 Å². The molecule has 1 aliphatic rings. The summed E-state index contributed by atoms with van der Waals surface area (Å²) in [6, 6.07) is 6.13. The molecular weight excluding hydrogens is 260 g/mol. The highest BCUT2D eigenvalue weighted by Gasteiger charge is 2.34. The summed E-state index contributed by atoms with van der Waals surface area (Å²) in [6.07, 6.45) is 1.07. The van der Waals surface area contributed by atoms with Gasteiger partial charge in [0.2, 0.25) is 5.95 Å². The van der Waals surface area contributed by atoms with E-state index in [1.165, 1.54) is 4.68 Å². The van der Waals surface area contributed by atoms with Crippen LogP contribution in [0.5, 0.6) is 5.75 Å². The Kier molecular flexibility index (Phi) is 2.81. The van der Waals surface area contributed by atoms with Crippen LogP contribution in [0.1, 0.15) is 36.2 Å². The van der Waals surface area contributed by atoms with E-state index in [0.29, 0.717) is 18.7 Å². The minimum absolute atomic E-state index is 0.0679. The molecule has 1 aliphatic heterocycles. The van der Waals surface area contributed by atoms with Gasteiger partial charge in [-0.15, -0.1) is 5.10 Å². The lowest BCUT2D eigenvalue weighted by atomic mass is 9.88. The van der Waals surface area contributed by atoms with Crippen LogP contribution in [0.2, 0.25) is 0 Å². The van der Waals surface area contributed by atoms with Crippen molar-refractivity contribution in [2.75, 3.05) is 5.73 Å². The summed E-state index contributed by atoms with van der Waals surface area (Å²) in [6.45, 7) is 0. The molecule has 0 bridgehead atoms. The van der Waals surface area contributed by atoms with Gasteiger partial charge in [0.25, 0.3) is 0 Å². The number of carboxylic acid groups (broad SMARTS) is 1. The van der Waals surface area contributed by atoms with Crippen LogP contribution in [-0.4, -0.2) is 30.9 Å². The van der Waals surface area contributed by atoms with Gasteiger partial charge in [-0.2, -0.15) is 4.98 Å². The van der Waals surface area contributed by atoms with E-state index in [2.05, 4.69) is 10.1 Å². The van der Waals surface area contributed by atoms with Crippen LogP contribution in [0, 0.1) is 0 Å². The predicted molar refractivity (Wildman–Crippen MR) is 70.3 cm³/mol. The van der Waals surface area contributed by atoms with Gasteiger partial charge in [-0.25, -0.2) is 9.48 Å². The standard InChI is InChI=1S/C13H14N4O3/c14-13-15-11-9(7-2-1-3-8(18)6-7)4-5-10(12(19)20)17(11)16-13/h1-3,6,9-10,18H,4-5H2,(H2,14,16)(H,19,20). The molecule has 2 heterocycles. The number of nitrogens with two attached hydrogens (primary N) is 1. The number of anilines is 1. The Hall–Kier alpha value is -2.57. The Morgan fingerprint density at radius 2 is 2.20 bits per heavy atom. The van der Waals surface area contributed by atoms with Gasteiger partial charge in [0.1, 0.15) is 11.6 Å². The number of fused-ring (bicyclic) bond motifs is 1. The zero-order chi connectivity index (χ0) is 14.3. The highest BCUT2D eigenvalue weighted by molar-refractivity contribution is 5.72. The molecule has 7 heteroatoms. The van der Waals surface area contributed by atoms with Crippen molar-refractivity contribution in [3.05, 3.63) is 35.7 Å². The van der Waals surface area contributed by atoms with Gasteiger partial charge >= 0.3 is 5.97 Å². The third-order valence-electron chi connectivity index (χ3n) is 3.57.